The molecule has 0 unspecified atom stereocenters. The first-order valence-electron chi connectivity index (χ1n) is 3.56. The molecule has 13 heavy (non-hydrogen) atoms. The molecule has 0 aliphatic heterocycles. The van der Waals surface area contributed by atoms with Gasteiger partial charge in [0.2, 0.25) is 0 Å². The molecule has 0 amide bonds. The van der Waals surface area contributed by atoms with E-state index >= 15 is 0 Å². The van der Waals surface area contributed by atoms with E-state index in [9.17, 15) is 16.7 Å². The summed E-state index contributed by atoms with van der Waals surface area (Å²) >= 11 is 0. The summed E-state index contributed by atoms with van der Waals surface area (Å²) in [5.74, 6) is -1.30. The lowest BCUT2D eigenvalue weighted by atomic mass is 10.2. The molecule has 0 saturated heterocycles. The highest BCUT2D eigenvalue weighted by atomic mass is 32.3. The normalized spacial score (nSPS) is 11.6. The van der Waals surface area contributed by atoms with Crippen LogP contribution in [0.2, 0.25) is 0 Å². The van der Waals surface area contributed by atoms with E-state index in [1.807, 2.05) is 0 Å². The Morgan fingerprint density at radius 2 is 2.00 bits per heavy atom. The Morgan fingerprint density at radius 1 is 1.38 bits per heavy atom. The van der Waals surface area contributed by atoms with Crippen molar-refractivity contribution in [2.24, 2.45) is 0 Å². The fourth-order valence-corrected chi connectivity index (χ4v) is 1.50. The van der Waals surface area contributed by atoms with Crippen molar-refractivity contribution in [3.8, 4) is 0 Å². The van der Waals surface area contributed by atoms with Crippen LogP contribution in [-0.2, 0) is 16.0 Å². The third kappa shape index (κ3) is 3.10. The summed E-state index contributed by atoms with van der Waals surface area (Å²) in [7, 11) is -4.57. The van der Waals surface area contributed by atoms with Gasteiger partial charge in [0.25, 0.3) is 0 Å². The minimum absolute atomic E-state index is 0.116. The molecule has 0 bridgehead atoms. The Bertz CT molecular complexity index is 412. The van der Waals surface area contributed by atoms with E-state index in [2.05, 4.69) is 0 Å². The molecule has 0 heterocycles. The molecule has 0 atom stereocenters. The highest BCUT2D eigenvalue weighted by molar-refractivity contribution is 7.85. The molecule has 0 aromatic heterocycles. The molecule has 2 nitrogen and oxygen atoms in total. The summed E-state index contributed by atoms with van der Waals surface area (Å²) in [6, 6.07) is 3.82. The van der Waals surface area contributed by atoms with Gasteiger partial charge in [-0.2, -0.15) is 8.42 Å². The van der Waals surface area contributed by atoms with Crippen LogP contribution >= 0.6 is 0 Å². The molecule has 5 heteroatoms. The van der Waals surface area contributed by atoms with Crippen molar-refractivity contribution in [2.75, 3.05) is 0 Å². The SMILES string of the molecule is Cc1ccc(CS(=O)(=O)F)cc1F. The average molecular weight is 206 g/mol. The van der Waals surface area contributed by atoms with Gasteiger partial charge in [0.15, 0.2) is 0 Å². The molecule has 0 spiro atoms. The molecule has 1 aromatic rings. The number of hydrogen-bond acceptors (Lipinski definition) is 2. The highest BCUT2D eigenvalue weighted by Crippen LogP contribution is 2.12. The van der Waals surface area contributed by atoms with Gasteiger partial charge in [-0.15, -0.1) is 3.89 Å². The quantitative estimate of drug-likeness (QED) is 0.693. The predicted molar refractivity (Wildman–Crippen MR) is 44.9 cm³/mol. The minimum atomic E-state index is -4.57. The van der Waals surface area contributed by atoms with Crippen LogP contribution in [0, 0.1) is 12.7 Å². The first-order chi connectivity index (χ1) is 5.88. The Balaban J connectivity index is 2.99. The third-order valence-electron chi connectivity index (χ3n) is 1.58. The number of aryl methyl sites for hydroxylation is 1. The van der Waals surface area contributed by atoms with Gasteiger partial charge in [0.1, 0.15) is 11.6 Å². The van der Waals surface area contributed by atoms with Gasteiger partial charge < -0.3 is 0 Å². The van der Waals surface area contributed by atoms with Crippen LogP contribution < -0.4 is 0 Å². The molecule has 72 valence electrons. The van der Waals surface area contributed by atoms with Crippen molar-refractivity contribution >= 4 is 10.2 Å². The maximum Gasteiger partial charge on any atom is 0.306 e. The summed E-state index contributed by atoms with van der Waals surface area (Å²) in [6.45, 7) is 1.54. The Morgan fingerprint density at radius 3 is 2.46 bits per heavy atom. The van der Waals surface area contributed by atoms with E-state index < -0.39 is 21.8 Å². The first-order valence-corrected chi connectivity index (χ1v) is 5.11. The zero-order valence-electron chi connectivity index (χ0n) is 6.92. The van der Waals surface area contributed by atoms with E-state index in [1.54, 1.807) is 6.92 Å². The molecule has 0 radical (unpaired) electrons. The monoisotopic (exact) mass is 206 g/mol. The summed E-state index contributed by atoms with van der Waals surface area (Å²) in [4.78, 5) is 0. The van der Waals surface area contributed by atoms with Gasteiger partial charge in [-0.3, -0.25) is 0 Å². The van der Waals surface area contributed by atoms with E-state index in [4.69, 9.17) is 0 Å². The molecule has 1 rings (SSSR count). The fraction of sp³-hybridized carbons (Fsp3) is 0.250. The van der Waals surface area contributed by atoms with Crippen molar-refractivity contribution < 1.29 is 16.7 Å². The molecular weight excluding hydrogens is 198 g/mol. The van der Waals surface area contributed by atoms with E-state index in [0.29, 0.717) is 5.56 Å². The Hall–Kier alpha value is -0.970. The number of rotatable bonds is 2. The van der Waals surface area contributed by atoms with Crippen LogP contribution in [0.4, 0.5) is 8.28 Å². The maximum atomic E-state index is 12.8. The molecule has 0 fully saturated rings. The third-order valence-corrected chi connectivity index (χ3v) is 2.25. The Kier molecular flexibility index (Phi) is 2.66. The van der Waals surface area contributed by atoms with Crippen molar-refractivity contribution in [3.63, 3.8) is 0 Å². The maximum absolute atomic E-state index is 12.8. The second-order valence-electron chi connectivity index (χ2n) is 2.77. The Labute approximate surface area is 75.4 Å². The fourth-order valence-electron chi connectivity index (χ4n) is 0.925. The lowest BCUT2D eigenvalue weighted by molar-refractivity contribution is 0.550. The van der Waals surface area contributed by atoms with Crippen molar-refractivity contribution in [1.82, 2.24) is 0 Å². The van der Waals surface area contributed by atoms with Crippen LogP contribution in [0.5, 0.6) is 0 Å². The highest BCUT2D eigenvalue weighted by Gasteiger charge is 2.09. The average Bonchev–Trinajstić information content (AvgIpc) is 1.94. The standard InChI is InChI=1S/C8H8F2O2S/c1-6-2-3-7(4-8(6)9)5-13(10,11)12/h2-4H,5H2,1H3. The van der Waals surface area contributed by atoms with E-state index in [1.165, 1.54) is 12.1 Å². The molecule has 0 aliphatic carbocycles. The van der Waals surface area contributed by atoms with Gasteiger partial charge in [-0.1, -0.05) is 12.1 Å². The molecule has 0 aliphatic rings. The summed E-state index contributed by atoms with van der Waals surface area (Å²) in [6.07, 6.45) is 0. The summed E-state index contributed by atoms with van der Waals surface area (Å²) in [5.41, 5.74) is 0.519. The second-order valence-corrected chi connectivity index (χ2v) is 4.13. The molecular formula is C8H8F2O2S. The van der Waals surface area contributed by atoms with Crippen LogP contribution in [0.25, 0.3) is 0 Å². The van der Waals surface area contributed by atoms with Crippen LogP contribution in [-0.4, -0.2) is 8.42 Å². The topological polar surface area (TPSA) is 34.1 Å². The predicted octanol–water partition coefficient (Wildman–Crippen LogP) is 1.93. The second kappa shape index (κ2) is 3.41. The van der Waals surface area contributed by atoms with Crippen molar-refractivity contribution in [3.05, 3.63) is 35.1 Å². The molecule has 0 saturated carbocycles. The van der Waals surface area contributed by atoms with Crippen LogP contribution in [0.15, 0.2) is 18.2 Å². The van der Waals surface area contributed by atoms with E-state index in [0.717, 1.165) is 6.07 Å². The lowest BCUT2D eigenvalue weighted by Crippen LogP contribution is -1.97. The number of halogens is 2. The largest absolute Gasteiger partial charge is 0.306 e. The minimum Gasteiger partial charge on any atom is -0.207 e. The van der Waals surface area contributed by atoms with Crippen molar-refractivity contribution in [2.45, 2.75) is 12.7 Å². The summed E-state index contributed by atoms with van der Waals surface area (Å²) in [5, 5.41) is 0. The first kappa shape index (κ1) is 10.1. The van der Waals surface area contributed by atoms with Gasteiger partial charge in [-0.05, 0) is 24.1 Å². The van der Waals surface area contributed by atoms with Crippen LogP contribution in [0.3, 0.4) is 0 Å². The van der Waals surface area contributed by atoms with Crippen LogP contribution in [0.1, 0.15) is 11.1 Å². The van der Waals surface area contributed by atoms with E-state index in [-0.39, 0.29) is 5.56 Å². The number of hydrogen-bond donors (Lipinski definition) is 0. The van der Waals surface area contributed by atoms with Gasteiger partial charge in [0.05, 0.1) is 0 Å². The molecule has 1 aromatic carbocycles. The lowest BCUT2D eigenvalue weighted by Gasteiger charge is -1.99. The van der Waals surface area contributed by atoms with Gasteiger partial charge >= 0.3 is 10.2 Å². The number of benzene rings is 1. The van der Waals surface area contributed by atoms with Crippen molar-refractivity contribution in [1.29, 1.82) is 0 Å². The zero-order valence-corrected chi connectivity index (χ0v) is 7.74. The smallest absolute Gasteiger partial charge is 0.207 e. The van der Waals surface area contributed by atoms with Gasteiger partial charge in [-0.25, -0.2) is 4.39 Å². The summed E-state index contributed by atoms with van der Waals surface area (Å²) < 4.78 is 45.4. The molecule has 0 N–H and O–H groups in total. The van der Waals surface area contributed by atoms with Gasteiger partial charge in [0, 0.05) is 0 Å². The zero-order chi connectivity index (χ0) is 10.1.